The quantitative estimate of drug-likeness (QED) is 0.174. The molecule has 0 aromatic heterocycles. The molecule has 0 radical (unpaired) electrons. The molecule has 0 aliphatic heterocycles. The van der Waals surface area contributed by atoms with Crippen LogP contribution in [0, 0.1) is 0 Å². The summed E-state index contributed by atoms with van der Waals surface area (Å²) in [5.41, 5.74) is 17.0. The van der Waals surface area contributed by atoms with E-state index in [0.29, 0.717) is 31.4 Å². The number of aliphatic carboxylic acids is 1. The van der Waals surface area contributed by atoms with E-state index in [0.717, 1.165) is 0 Å². The average molecular weight is 437 g/mol. The van der Waals surface area contributed by atoms with Crippen LogP contribution in [0.2, 0.25) is 0 Å². The molecule has 1 aromatic carbocycles. The minimum Gasteiger partial charge on any atom is -0.508 e. The summed E-state index contributed by atoms with van der Waals surface area (Å²) in [7, 11) is 0. The highest BCUT2D eigenvalue weighted by Crippen LogP contribution is 2.12. The van der Waals surface area contributed by atoms with Crippen LogP contribution < -0.4 is 27.8 Å². The van der Waals surface area contributed by atoms with Gasteiger partial charge in [-0.1, -0.05) is 18.6 Å². The molecule has 3 amide bonds. The molecule has 0 spiro atoms. The van der Waals surface area contributed by atoms with Crippen LogP contribution in [-0.2, 0) is 25.6 Å². The highest BCUT2D eigenvalue weighted by molar-refractivity contribution is 5.92. The zero-order valence-corrected chi connectivity index (χ0v) is 17.3. The Morgan fingerprint density at radius 2 is 1.55 bits per heavy atom. The number of phenols is 1. The van der Waals surface area contributed by atoms with E-state index in [9.17, 15) is 29.4 Å². The fourth-order valence-electron chi connectivity index (χ4n) is 2.81. The average Bonchev–Trinajstić information content (AvgIpc) is 2.71. The summed E-state index contributed by atoms with van der Waals surface area (Å²) >= 11 is 0. The van der Waals surface area contributed by atoms with Gasteiger partial charge in [0.2, 0.25) is 17.7 Å². The molecule has 0 aliphatic carbocycles. The minimum absolute atomic E-state index is 0.0247. The van der Waals surface area contributed by atoms with Gasteiger partial charge in [0, 0.05) is 12.8 Å². The van der Waals surface area contributed by atoms with Gasteiger partial charge in [-0.05, 0) is 43.5 Å². The maximum absolute atomic E-state index is 12.7. The lowest BCUT2D eigenvalue weighted by molar-refractivity contribution is -0.142. The zero-order chi connectivity index (χ0) is 23.4. The van der Waals surface area contributed by atoms with Gasteiger partial charge in [0.25, 0.3) is 0 Å². The van der Waals surface area contributed by atoms with E-state index in [1.165, 1.54) is 24.3 Å². The molecule has 10 N–H and O–H groups in total. The van der Waals surface area contributed by atoms with E-state index in [1.807, 2.05) is 0 Å². The highest BCUT2D eigenvalue weighted by Gasteiger charge is 2.28. The molecule has 172 valence electrons. The number of phenolic OH excluding ortho intramolecular Hbond substituents is 1. The lowest BCUT2D eigenvalue weighted by Gasteiger charge is -2.23. The smallest absolute Gasteiger partial charge is 0.326 e. The number of carbonyl (C=O) groups excluding carboxylic acids is 3. The Kier molecular flexibility index (Phi) is 11.0. The first-order chi connectivity index (χ1) is 14.6. The van der Waals surface area contributed by atoms with Crippen molar-refractivity contribution in [1.29, 1.82) is 0 Å². The zero-order valence-electron chi connectivity index (χ0n) is 17.3. The number of aromatic hydroxyl groups is 1. The predicted octanol–water partition coefficient (Wildman–Crippen LogP) is -1.29. The number of hydrogen-bond donors (Lipinski definition) is 7. The van der Waals surface area contributed by atoms with Crippen LogP contribution in [-0.4, -0.2) is 58.6 Å². The number of carboxylic acid groups (broad SMARTS) is 1. The Morgan fingerprint density at radius 3 is 2.10 bits per heavy atom. The Bertz CT molecular complexity index is 755. The number of unbranched alkanes of at least 4 members (excludes halogenated alkanes) is 1. The van der Waals surface area contributed by atoms with Crippen LogP contribution in [0.15, 0.2) is 24.3 Å². The van der Waals surface area contributed by atoms with Crippen LogP contribution in [0.3, 0.4) is 0 Å². The predicted molar refractivity (Wildman–Crippen MR) is 113 cm³/mol. The Hall–Kier alpha value is -3.18. The topological polar surface area (TPSA) is 211 Å². The molecule has 0 bridgehead atoms. The third-order valence-electron chi connectivity index (χ3n) is 4.61. The van der Waals surface area contributed by atoms with Gasteiger partial charge in [0.15, 0.2) is 0 Å². The van der Waals surface area contributed by atoms with Gasteiger partial charge in [-0.2, -0.15) is 0 Å². The van der Waals surface area contributed by atoms with Gasteiger partial charge >= 0.3 is 5.97 Å². The van der Waals surface area contributed by atoms with E-state index in [-0.39, 0.29) is 25.0 Å². The van der Waals surface area contributed by atoms with Crippen molar-refractivity contribution in [2.75, 3.05) is 6.54 Å². The first-order valence-corrected chi connectivity index (χ1v) is 9.99. The van der Waals surface area contributed by atoms with Crippen molar-refractivity contribution in [3.63, 3.8) is 0 Å². The Balaban J connectivity index is 2.83. The fraction of sp³-hybridized carbons (Fsp3) is 0.500. The number of nitrogens with two attached hydrogens (primary N) is 3. The molecule has 11 heteroatoms. The van der Waals surface area contributed by atoms with Crippen LogP contribution in [0.5, 0.6) is 5.75 Å². The normalized spacial score (nSPS) is 13.6. The molecule has 11 nitrogen and oxygen atoms in total. The van der Waals surface area contributed by atoms with E-state index in [4.69, 9.17) is 17.2 Å². The van der Waals surface area contributed by atoms with Gasteiger partial charge < -0.3 is 38.0 Å². The van der Waals surface area contributed by atoms with E-state index >= 15 is 0 Å². The molecule has 1 rings (SSSR count). The van der Waals surface area contributed by atoms with Crippen LogP contribution in [0.4, 0.5) is 0 Å². The molecule has 0 aliphatic rings. The molecule has 0 saturated carbocycles. The largest absolute Gasteiger partial charge is 0.508 e. The van der Waals surface area contributed by atoms with Crippen molar-refractivity contribution in [3.8, 4) is 5.75 Å². The first-order valence-electron chi connectivity index (χ1n) is 9.99. The maximum Gasteiger partial charge on any atom is 0.326 e. The molecule has 0 heterocycles. The number of benzene rings is 1. The summed E-state index contributed by atoms with van der Waals surface area (Å²) in [6, 6.07) is 2.53. The molecular weight excluding hydrogens is 406 g/mol. The summed E-state index contributed by atoms with van der Waals surface area (Å²) in [4.78, 5) is 47.8. The number of hydrogen-bond acceptors (Lipinski definition) is 7. The summed E-state index contributed by atoms with van der Waals surface area (Å²) in [5, 5.41) is 23.7. The van der Waals surface area contributed by atoms with Crippen LogP contribution in [0.1, 0.15) is 37.7 Å². The van der Waals surface area contributed by atoms with E-state index in [2.05, 4.69) is 10.6 Å². The Morgan fingerprint density at radius 1 is 0.935 bits per heavy atom. The second-order valence-corrected chi connectivity index (χ2v) is 7.23. The molecule has 1 aromatic rings. The molecule has 0 unspecified atom stereocenters. The summed E-state index contributed by atoms with van der Waals surface area (Å²) in [5.74, 6) is -3.28. The second kappa shape index (κ2) is 13.2. The van der Waals surface area contributed by atoms with E-state index in [1.54, 1.807) is 0 Å². The SMILES string of the molecule is NCCCC[C@H](N)C(=O)N[C@@H](CCC(N)=O)C(=O)N[C@@H](Cc1ccc(O)cc1)C(=O)O. The van der Waals surface area contributed by atoms with Crippen molar-refractivity contribution in [2.45, 2.75) is 56.7 Å². The highest BCUT2D eigenvalue weighted by atomic mass is 16.4. The van der Waals surface area contributed by atoms with Gasteiger partial charge in [-0.15, -0.1) is 0 Å². The molecular formula is C20H31N5O6. The van der Waals surface area contributed by atoms with Crippen molar-refractivity contribution in [1.82, 2.24) is 10.6 Å². The maximum atomic E-state index is 12.7. The number of nitrogens with one attached hydrogen (secondary N) is 2. The van der Waals surface area contributed by atoms with Crippen LogP contribution >= 0.6 is 0 Å². The third-order valence-corrected chi connectivity index (χ3v) is 4.61. The molecule has 0 saturated heterocycles. The van der Waals surface area contributed by atoms with E-state index < -0.39 is 41.8 Å². The molecule has 0 fully saturated rings. The fourth-order valence-corrected chi connectivity index (χ4v) is 2.81. The number of amides is 3. The van der Waals surface area contributed by atoms with Gasteiger partial charge in [0.05, 0.1) is 6.04 Å². The standard InChI is InChI=1S/C20H31N5O6/c21-10-2-1-3-14(22)18(28)24-15(8-9-17(23)27)19(29)25-16(20(30)31)11-12-4-6-13(26)7-5-12/h4-7,14-16,26H,1-3,8-11,21-22H2,(H2,23,27)(H,24,28)(H,25,29)(H,30,31)/t14-,15-,16-/m0/s1. The molecule has 3 atom stereocenters. The molecule has 31 heavy (non-hydrogen) atoms. The minimum atomic E-state index is -1.29. The van der Waals surface area contributed by atoms with Gasteiger partial charge in [-0.25, -0.2) is 4.79 Å². The Labute approximate surface area is 180 Å². The summed E-state index contributed by atoms with van der Waals surface area (Å²) in [6.45, 7) is 0.468. The van der Waals surface area contributed by atoms with Crippen molar-refractivity contribution in [3.05, 3.63) is 29.8 Å². The number of carbonyl (C=O) groups is 4. The number of rotatable bonds is 14. The monoisotopic (exact) mass is 437 g/mol. The van der Waals surface area contributed by atoms with Gasteiger partial charge in [-0.3, -0.25) is 14.4 Å². The number of carboxylic acids is 1. The van der Waals surface area contributed by atoms with Crippen molar-refractivity contribution < 1.29 is 29.4 Å². The van der Waals surface area contributed by atoms with Crippen molar-refractivity contribution in [2.24, 2.45) is 17.2 Å². The first kappa shape index (κ1) is 25.9. The third kappa shape index (κ3) is 9.92. The van der Waals surface area contributed by atoms with Crippen molar-refractivity contribution >= 4 is 23.7 Å². The second-order valence-electron chi connectivity index (χ2n) is 7.23. The van der Waals surface area contributed by atoms with Gasteiger partial charge in [0.1, 0.15) is 17.8 Å². The number of primary amides is 1. The summed E-state index contributed by atoms with van der Waals surface area (Å²) in [6.07, 6.45) is 1.37. The lowest BCUT2D eigenvalue weighted by Crippen LogP contribution is -2.55. The summed E-state index contributed by atoms with van der Waals surface area (Å²) < 4.78 is 0. The lowest BCUT2D eigenvalue weighted by atomic mass is 10.0. The van der Waals surface area contributed by atoms with Crippen LogP contribution in [0.25, 0.3) is 0 Å².